The Bertz CT molecular complexity index is 301. The lowest BCUT2D eigenvalue weighted by atomic mass is 10.2. The zero-order valence-corrected chi connectivity index (χ0v) is 6.70. The van der Waals surface area contributed by atoms with Crippen LogP contribution in [0, 0.1) is 11.8 Å². The minimum Gasteiger partial charge on any atom is -0.392 e. The summed E-state index contributed by atoms with van der Waals surface area (Å²) in [5.41, 5.74) is 0.986. The van der Waals surface area contributed by atoms with E-state index in [0.29, 0.717) is 0 Å². The molecular formula is C11H10O. The molecule has 1 heteroatoms. The Balaban J connectivity index is 2.61. The number of benzene rings is 1. The minimum absolute atomic E-state index is 0.0451. The summed E-state index contributed by atoms with van der Waals surface area (Å²) in [6, 6.07) is 9.73. The number of allylic oxidation sites excluding steroid dienone is 1. The van der Waals surface area contributed by atoms with Crippen LogP contribution in [-0.4, -0.2) is 11.7 Å². The molecule has 1 rings (SSSR count). The second-order valence-electron chi connectivity index (χ2n) is 2.22. The highest BCUT2D eigenvalue weighted by atomic mass is 16.5. The summed E-state index contributed by atoms with van der Waals surface area (Å²) in [5.74, 6) is 5.74. The van der Waals surface area contributed by atoms with Crippen LogP contribution in [0.3, 0.4) is 0 Å². The number of aliphatic hydroxyl groups is 1. The van der Waals surface area contributed by atoms with Crippen molar-refractivity contribution in [2.45, 2.75) is 0 Å². The highest BCUT2D eigenvalue weighted by Crippen LogP contribution is 1.94. The van der Waals surface area contributed by atoms with Crippen LogP contribution in [0.5, 0.6) is 0 Å². The predicted molar refractivity (Wildman–Crippen MR) is 49.5 cm³/mol. The van der Waals surface area contributed by atoms with Crippen LogP contribution in [0.2, 0.25) is 0 Å². The van der Waals surface area contributed by atoms with Gasteiger partial charge < -0.3 is 5.11 Å². The first-order valence-electron chi connectivity index (χ1n) is 3.76. The molecule has 0 aliphatic carbocycles. The van der Waals surface area contributed by atoms with Crippen molar-refractivity contribution < 1.29 is 5.11 Å². The number of rotatable bonds is 1. The summed E-state index contributed by atoms with van der Waals surface area (Å²) < 4.78 is 0. The summed E-state index contributed by atoms with van der Waals surface area (Å²) in [4.78, 5) is 0. The molecule has 0 atom stereocenters. The third-order valence-electron chi connectivity index (χ3n) is 1.30. The van der Waals surface area contributed by atoms with E-state index < -0.39 is 0 Å². The van der Waals surface area contributed by atoms with E-state index in [0.717, 1.165) is 5.56 Å². The summed E-state index contributed by atoms with van der Waals surface area (Å²) in [5, 5.41) is 8.41. The number of aliphatic hydroxyl groups excluding tert-OH is 1. The van der Waals surface area contributed by atoms with E-state index in [4.69, 9.17) is 5.11 Å². The molecule has 0 heterocycles. The summed E-state index contributed by atoms with van der Waals surface area (Å²) in [7, 11) is 0. The van der Waals surface area contributed by atoms with Gasteiger partial charge in [-0.2, -0.15) is 0 Å². The molecule has 0 amide bonds. The largest absolute Gasteiger partial charge is 0.392 e. The predicted octanol–water partition coefficient (Wildman–Crippen LogP) is 1.59. The molecular weight excluding hydrogens is 150 g/mol. The Kier molecular flexibility index (Phi) is 3.70. The molecule has 0 radical (unpaired) electrons. The summed E-state index contributed by atoms with van der Waals surface area (Å²) >= 11 is 0. The van der Waals surface area contributed by atoms with Gasteiger partial charge in [-0.05, 0) is 18.2 Å². The fourth-order valence-electron chi connectivity index (χ4n) is 0.758. The van der Waals surface area contributed by atoms with E-state index in [9.17, 15) is 0 Å². The lowest BCUT2D eigenvalue weighted by Gasteiger charge is -1.84. The summed E-state index contributed by atoms with van der Waals surface area (Å²) in [6.45, 7) is 0.0451. The number of hydrogen-bond acceptors (Lipinski definition) is 1. The molecule has 60 valence electrons. The lowest BCUT2D eigenvalue weighted by molar-refractivity contribution is 0.343. The molecule has 1 aromatic carbocycles. The maximum atomic E-state index is 8.41. The van der Waals surface area contributed by atoms with Gasteiger partial charge in [0.25, 0.3) is 0 Å². The third kappa shape index (κ3) is 3.05. The van der Waals surface area contributed by atoms with E-state index in [1.165, 1.54) is 0 Å². The highest BCUT2D eigenvalue weighted by Gasteiger charge is 1.78. The lowest BCUT2D eigenvalue weighted by Crippen LogP contribution is -1.70. The van der Waals surface area contributed by atoms with Crippen LogP contribution in [0.25, 0.3) is 0 Å². The fourth-order valence-corrected chi connectivity index (χ4v) is 0.758. The SMILES string of the molecule is O[14CH2]/C=C/C#Cc1ccccc1. The van der Waals surface area contributed by atoms with E-state index in [1.54, 1.807) is 12.2 Å². The zero-order valence-electron chi connectivity index (χ0n) is 6.70. The molecule has 0 bridgehead atoms. The summed E-state index contributed by atoms with van der Waals surface area (Å²) in [6.07, 6.45) is 3.25. The normalized spacial score (nSPS) is 9.42. The van der Waals surface area contributed by atoms with Crippen molar-refractivity contribution in [3.63, 3.8) is 0 Å². The second kappa shape index (κ2) is 5.17. The van der Waals surface area contributed by atoms with Crippen LogP contribution >= 0.6 is 0 Å². The second-order valence-corrected chi connectivity index (χ2v) is 2.22. The Hall–Kier alpha value is -1.52. The van der Waals surface area contributed by atoms with E-state index in [1.807, 2.05) is 30.3 Å². The van der Waals surface area contributed by atoms with E-state index in [-0.39, 0.29) is 6.61 Å². The average molecular weight is 160 g/mol. The van der Waals surface area contributed by atoms with Crippen LogP contribution in [0.1, 0.15) is 5.56 Å². The van der Waals surface area contributed by atoms with Crippen LogP contribution < -0.4 is 0 Å². The third-order valence-corrected chi connectivity index (χ3v) is 1.30. The highest BCUT2D eigenvalue weighted by molar-refractivity contribution is 5.36. The van der Waals surface area contributed by atoms with Gasteiger partial charge in [-0.15, -0.1) is 0 Å². The first-order chi connectivity index (χ1) is 5.93. The first kappa shape index (κ1) is 8.58. The maximum absolute atomic E-state index is 8.41. The van der Waals surface area contributed by atoms with Gasteiger partial charge in [0.15, 0.2) is 0 Å². The number of hydrogen-bond donors (Lipinski definition) is 1. The molecule has 1 nitrogen and oxygen atoms in total. The molecule has 1 aromatic rings. The fraction of sp³-hybridized carbons (Fsp3) is 0.0909. The van der Waals surface area contributed by atoms with Gasteiger partial charge >= 0.3 is 0 Å². The van der Waals surface area contributed by atoms with Gasteiger partial charge in [-0.25, -0.2) is 0 Å². The Morgan fingerprint density at radius 3 is 2.67 bits per heavy atom. The monoisotopic (exact) mass is 160 g/mol. The Labute approximate surface area is 72.4 Å². The van der Waals surface area contributed by atoms with Gasteiger partial charge in [0.1, 0.15) is 0 Å². The first-order valence-corrected chi connectivity index (χ1v) is 3.76. The average Bonchev–Trinajstić information content (AvgIpc) is 2.14. The zero-order chi connectivity index (χ0) is 8.65. The van der Waals surface area contributed by atoms with E-state index >= 15 is 0 Å². The van der Waals surface area contributed by atoms with Gasteiger partial charge in [0.2, 0.25) is 0 Å². The van der Waals surface area contributed by atoms with Crippen molar-refractivity contribution >= 4 is 0 Å². The quantitative estimate of drug-likeness (QED) is 0.618. The molecule has 0 aromatic heterocycles. The smallest absolute Gasteiger partial charge is 0.0621 e. The van der Waals surface area contributed by atoms with Crippen molar-refractivity contribution in [1.29, 1.82) is 0 Å². The molecule has 12 heavy (non-hydrogen) atoms. The van der Waals surface area contributed by atoms with Crippen LogP contribution in [0.4, 0.5) is 0 Å². The van der Waals surface area contributed by atoms with Gasteiger partial charge in [0, 0.05) is 5.56 Å². The maximum Gasteiger partial charge on any atom is 0.0621 e. The van der Waals surface area contributed by atoms with Crippen molar-refractivity contribution in [2.75, 3.05) is 6.61 Å². The Morgan fingerprint density at radius 2 is 2.00 bits per heavy atom. The topological polar surface area (TPSA) is 20.2 Å². The molecule has 0 unspecified atom stereocenters. The van der Waals surface area contributed by atoms with Crippen molar-refractivity contribution in [1.82, 2.24) is 0 Å². The minimum atomic E-state index is 0.0451. The van der Waals surface area contributed by atoms with Crippen LogP contribution in [-0.2, 0) is 0 Å². The molecule has 0 spiro atoms. The van der Waals surface area contributed by atoms with Crippen LogP contribution in [0.15, 0.2) is 42.5 Å². The molecule has 0 saturated heterocycles. The van der Waals surface area contributed by atoms with Crippen molar-refractivity contribution in [3.05, 3.63) is 48.0 Å². The van der Waals surface area contributed by atoms with E-state index in [2.05, 4.69) is 11.8 Å². The molecule has 1 N–H and O–H groups in total. The van der Waals surface area contributed by atoms with Gasteiger partial charge in [-0.3, -0.25) is 0 Å². The van der Waals surface area contributed by atoms with Gasteiger partial charge in [-0.1, -0.05) is 36.1 Å². The standard InChI is InChI=1S/C11H10O/c12-10-6-2-5-9-11-7-3-1-4-8-11/h1-4,6-8,12H,10H2/b6-2+/i10+2. The Morgan fingerprint density at radius 1 is 1.25 bits per heavy atom. The molecule has 0 saturated carbocycles. The van der Waals surface area contributed by atoms with Gasteiger partial charge in [0.05, 0.1) is 6.61 Å². The molecule has 0 fully saturated rings. The molecule has 0 aliphatic rings. The molecule has 0 aliphatic heterocycles. The van der Waals surface area contributed by atoms with Crippen molar-refractivity contribution in [2.24, 2.45) is 0 Å². The van der Waals surface area contributed by atoms with Crippen molar-refractivity contribution in [3.8, 4) is 11.8 Å².